The Morgan fingerprint density at radius 1 is 1.17 bits per heavy atom. The number of carbonyl (C=O) groups is 2. The van der Waals surface area contributed by atoms with Crippen LogP contribution >= 0.6 is 22.6 Å². The summed E-state index contributed by atoms with van der Waals surface area (Å²) in [6.07, 6.45) is 0.0639. The Morgan fingerprint density at radius 3 is 2.56 bits per heavy atom. The number of aliphatic hydroxyl groups is 3. The summed E-state index contributed by atoms with van der Waals surface area (Å²) in [5.41, 5.74) is 2.95. The van der Waals surface area contributed by atoms with Gasteiger partial charge in [0.25, 0.3) is 0 Å². The van der Waals surface area contributed by atoms with Crippen LogP contribution in [0.2, 0.25) is 0 Å². The Labute approximate surface area is 253 Å². The number of carbonyl (C=O) groups excluding carboxylic acids is 2. The van der Waals surface area contributed by atoms with Crippen molar-refractivity contribution in [3.8, 4) is 11.5 Å². The number of hydrogen-bond acceptors (Lipinski definition) is 8. The first-order valence-corrected chi connectivity index (χ1v) is 14.7. The van der Waals surface area contributed by atoms with Crippen LogP contribution in [0.4, 0.5) is 0 Å². The maximum Gasteiger partial charge on any atom is 0.247 e. The first-order valence-electron chi connectivity index (χ1n) is 13.6. The van der Waals surface area contributed by atoms with Gasteiger partial charge in [-0.15, -0.1) is 0 Å². The Hall–Kier alpha value is -2.71. The van der Waals surface area contributed by atoms with Crippen LogP contribution in [0.25, 0.3) is 0 Å². The van der Waals surface area contributed by atoms with Gasteiger partial charge in [-0.2, -0.15) is 0 Å². The van der Waals surface area contributed by atoms with Gasteiger partial charge in [0.1, 0.15) is 12.2 Å². The van der Waals surface area contributed by atoms with Crippen LogP contribution in [0.15, 0.2) is 48.0 Å². The summed E-state index contributed by atoms with van der Waals surface area (Å²) in [5, 5.41) is 33.3. The Kier molecular flexibility index (Phi) is 11.0. The minimum absolute atomic E-state index is 0.0642. The van der Waals surface area contributed by atoms with Crippen molar-refractivity contribution in [1.82, 2.24) is 10.2 Å². The summed E-state index contributed by atoms with van der Waals surface area (Å²) >= 11 is 2.07. The molecule has 2 aromatic rings. The SMILES string of the molecule is COc1cc(CO)cc(I)c1O[C@H]1C=C(C(=O)NCCO)C[C@@H](N(Cc2ccc(C)cc2)C(=O)C2CCOC2)[C@@H]1O. The smallest absolute Gasteiger partial charge is 0.247 e. The lowest BCUT2D eigenvalue weighted by molar-refractivity contribution is -0.143. The highest BCUT2D eigenvalue weighted by Crippen LogP contribution is 2.37. The molecular formula is C30H37IN2O8. The fraction of sp³-hybridized carbons (Fsp3) is 0.467. The lowest BCUT2D eigenvalue weighted by Gasteiger charge is -2.41. The van der Waals surface area contributed by atoms with E-state index in [-0.39, 0.29) is 44.5 Å². The van der Waals surface area contributed by atoms with Crippen molar-refractivity contribution in [1.29, 1.82) is 0 Å². The van der Waals surface area contributed by atoms with Crippen molar-refractivity contribution < 1.29 is 39.1 Å². The fourth-order valence-corrected chi connectivity index (χ4v) is 5.90. The van der Waals surface area contributed by atoms with Gasteiger partial charge in [-0.1, -0.05) is 29.8 Å². The van der Waals surface area contributed by atoms with E-state index in [1.165, 1.54) is 7.11 Å². The molecule has 0 spiro atoms. The number of ether oxygens (including phenoxy) is 3. The van der Waals surface area contributed by atoms with Gasteiger partial charge >= 0.3 is 0 Å². The minimum atomic E-state index is -1.18. The van der Waals surface area contributed by atoms with E-state index >= 15 is 0 Å². The van der Waals surface area contributed by atoms with Gasteiger partial charge in [0.05, 0.1) is 42.5 Å². The highest BCUT2D eigenvalue weighted by molar-refractivity contribution is 14.1. The van der Waals surface area contributed by atoms with Crippen molar-refractivity contribution in [2.75, 3.05) is 33.5 Å². The number of amides is 2. The predicted molar refractivity (Wildman–Crippen MR) is 159 cm³/mol. The summed E-state index contributed by atoms with van der Waals surface area (Å²) in [5.74, 6) is -0.194. The second-order valence-electron chi connectivity index (χ2n) is 10.3. The average molecular weight is 681 g/mol. The second-order valence-corrected chi connectivity index (χ2v) is 11.5. The van der Waals surface area contributed by atoms with E-state index in [1.807, 2.05) is 31.2 Å². The molecule has 2 aliphatic rings. The van der Waals surface area contributed by atoms with E-state index in [1.54, 1.807) is 23.1 Å². The highest BCUT2D eigenvalue weighted by atomic mass is 127. The van der Waals surface area contributed by atoms with Crippen molar-refractivity contribution in [2.24, 2.45) is 5.92 Å². The normalized spacial score (nSPS) is 22.1. The molecule has 10 nitrogen and oxygen atoms in total. The maximum absolute atomic E-state index is 13.9. The van der Waals surface area contributed by atoms with Gasteiger partial charge in [0.15, 0.2) is 11.5 Å². The van der Waals surface area contributed by atoms with Gasteiger partial charge in [0.2, 0.25) is 11.8 Å². The van der Waals surface area contributed by atoms with Crippen LogP contribution in [0.5, 0.6) is 11.5 Å². The zero-order valence-electron chi connectivity index (χ0n) is 23.2. The molecule has 1 aliphatic carbocycles. The van der Waals surface area contributed by atoms with E-state index in [2.05, 4.69) is 27.9 Å². The zero-order valence-corrected chi connectivity index (χ0v) is 25.4. The molecule has 2 amide bonds. The molecular weight excluding hydrogens is 643 g/mol. The molecule has 1 saturated heterocycles. The molecule has 0 bridgehead atoms. The molecule has 2 aromatic carbocycles. The number of methoxy groups -OCH3 is 1. The van der Waals surface area contributed by atoms with Crippen LogP contribution in [0.3, 0.4) is 0 Å². The molecule has 1 fully saturated rings. The van der Waals surface area contributed by atoms with E-state index in [9.17, 15) is 24.9 Å². The number of rotatable bonds is 11. The average Bonchev–Trinajstić information content (AvgIpc) is 3.52. The molecule has 0 radical (unpaired) electrons. The molecule has 4 N–H and O–H groups in total. The summed E-state index contributed by atoms with van der Waals surface area (Å²) in [7, 11) is 1.48. The van der Waals surface area contributed by atoms with Crippen LogP contribution in [0, 0.1) is 16.4 Å². The molecule has 0 saturated carbocycles. The summed E-state index contributed by atoms with van der Waals surface area (Å²) in [6.45, 7) is 2.67. The van der Waals surface area contributed by atoms with Gasteiger partial charge in [0, 0.05) is 31.7 Å². The van der Waals surface area contributed by atoms with Gasteiger partial charge in [-0.25, -0.2) is 0 Å². The Balaban J connectivity index is 1.72. The number of nitrogens with one attached hydrogen (secondary N) is 1. The van der Waals surface area contributed by atoms with Crippen molar-refractivity contribution in [3.63, 3.8) is 0 Å². The number of benzene rings is 2. The van der Waals surface area contributed by atoms with Gasteiger partial charge in [-0.3, -0.25) is 9.59 Å². The molecule has 1 aliphatic heterocycles. The van der Waals surface area contributed by atoms with Crippen molar-refractivity contribution in [2.45, 2.75) is 51.2 Å². The molecule has 1 unspecified atom stereocenters. The zero-order chi connectivity index (χ0) is 29.5. The monoisotopic (exact) mass is 680 g/mol. The van der Waals surface area contributed by atoms with Crippen LogP contribution in [-0.2, 0) is 27.5 Å². The number of nitrogens with zero attached hydrogens (tertiary/aromatic N) is 1. The van der Waals surface area contributed by atoms with Gasteiger partial charge < -0.3 is 39.7 Å². The molecule has 11 heteroatoms. The van der Waals surface area contributed by atoms with E-state index in [4.69, 9.17) is 14.2 Å². The Bertz CT molecular complexity index is 1250. The number of aryl methyl sites for hydroxylation is 1. The maximum atomic E-state index is 13.9. The molecule has 4 rings (SSSR count). The summed E-state index contributed by atoms with van der Waals surface area (Å²) < 4.78 is 18.0. The molecule has 41 heavy (non-hydrogen) atoms. The van der Waals surface area contributed by atoms with Crippen molar-refractivity contribution in [3.05, 3.63) is 68.3 Å². The third-order valence-corrected chi connectivity index (χ3v) is 8.18. The fourth-order valence-electron chi connectivity index (χ4n) is 5.11. The Morgan fingerprint density at radius 2 is 1.93 bits per heavy atom. The number of halogens is 1. The largest absolute Gasteiger partial charge is 0.493 e. The standard InChI is InChI=1S/C30H37IN2O8/c1-18-3-5-19(6-4-18)15-33(30(38)21-7-10-40-17-21)24-13-22(29(37)32-8-9-34)14-25(27(24)36)41-28-23(31)11-20(16-35)12-26(28)39-2/h3-6,11-12,14,21,24-25,27,34-36H,7-10,13,15-17H2,1-2H3,(H,32,37)/t21?,24-,25+,27+/m1/s1. The summed E-state index contributed by atoms with van der Waals surface area (Å²) in [6, 6.07) is 10.5. The second kappa shape index (κ2) is 14.5. The third-order valence-electron chi connectivity index (χ3n) is 7.38. The first kappa shape index (κ1) is 31.2. The number of hydrogen-bond donors (Lipinski definition) is 4. The van der Waals surface area contributed by atoms with E-state index < -0.39 is 24.2 Å². The molecule has 0 aromatic heterocycles. The topological polar surface area (TPSA) is 138 Å². The van der Waals surface area contributed by atoms with Crippen LogP contribution < -0.4 is 14.8 Å². The molecule has 222 valence electrons. The molecule has 1 heterocycles. The van der Waals surface area contributed by atoms with E-state index in [0.717, 1.165) is 11.1 Å². The first-order chi connectivity index (χ1) is 19.7. The minimum Gasteiger partial charge on any atom is -0.493 e. The predicted octanol–water partition coefficient (Wildman–Crippen LogP) is 2.08. The van der Waals surface area contributed by atoms with Gasteiger partial charge in [-0.05, 0) is 65.3 Å². The third kappa shape index (κ3) is 7.58. The number of aliphatic hydroxyl groups excluding tert-OH is 3. The lowest BCUT2D eigenvalue weighted by Crippen LogP contribution is -2.56. The van der Waals surface area contributed by atoms with Crippen LogP contribution in [0.1, 0.15) is 29.5 Å². The van der Waals surface area contributed by atoms with E-state index in [0.29, 0.717) is 45.8 Å². The highest BCUT2D eigenvalue weighted by Gasteiger charge is 2.42. The lowest BCUT2D eigenvalue weighted by atomic mass is 9.87. The van der Waals surface area contributed by atoms with Crippen molar-refractivity contribution >= 4 is 34.4 Å². The molecule has 4 atom stereocenters. The van der Waals surface area contributed by atoms with Crippen LogP contribution in [-0.4, -0.2) is 83.8 Å². The summed E-state index contributed by atoms with van der Waals surface area (Å²) in [4.78, 5) is 28.7. The quantitative estimate of drug-likeness (QED) is 0.265.